The molecule has 0 aliphatic carbocycles. The highest BCUT2D eigenvalue weighted by Gasteiger charge is 2.21. The minimum absolute atomic E-state index is 0.0139. The summed E-state index contributed by atoms with van der Waals surface area (Å²) in [4.78, 5) is 24.9. The third-order valence-corrected chi connectivity index (χ3v) is 3.53. The number of nitrogens with zero attached hydrogens (tertiary/aromatic N) is 2. The normalized spacial score (nSPS) is 11.8. The van der Waals surface area contributed by atoms with Crippen LogP contribution in [-0.4, -0.2) is 34.9 Å². The average molecular weight is 293 g/mol. The molecule has 0 saturated heterocycles. The van der Waals surface area contributed by atoms with Gasteiger partial charge in [-0.25, -0.2) is 0 Å². The van der Waals surface area contributed by atoms with E-state index in [0.29, 0.717) is 24.3 Å². The van der Waals surface area contributed by atoms with Crippen LogP contribution in [0.15, 0.2) is 18.2 Å². The number of carbonyl (C=O) groups excluding carboxylic acids is 1. The monoisotopic (exact) mass is 293 g/mol. The summed E-state index contributed by atoms with van der Waals surface area (Å²) in [5, 5.41) is 13.9. The van der Waals surface area contributed by atoms with E-state index in [9.17, 15) is 14.9 Å². The largest absolute Gasteiger partial charge is 0.380 e. The van der Waals surface area contributed by atoms with E-state index >= 15 is 0 Å². The summed E-state index contributed by atoms with van der Waals surface area (Å²) in [7, 11) is 0. The second-order valence-corrected chi connectivity index (χ2v) is 4.87. The Morgan fingerprint density at radius 1 is 1.38 bits per heavy atom. The van der Waals surface area contributed by atoms with E-state index in [4.69, 9.17) is 0 Å². The van der Waals surface area contributed by atoms with Gasteiger partial charge in [-0.2, -0.15) is 0 Å². The van der Waals surface area contributed by atoms with Crippen LogP contribution < -0.4 is 5.32 Å². The summed E-state index contributed by atoms with van der Waals surface area (Å²) in [6.07, 6.45) is 0.868. The molecule has 6 nitrogen and oxygen atoms in total. The molecular formula is C15H23N3O3. The van der Waals surface area contributed by atoms with Crippen LogP contribution in [0.4, 0.5) is 11.4 Å². The molecule has 1 N–H and O–H groups in total. The molecular weight excluding hydrogens is 270 g/mol. The topological polar surface area (TPSA) is 75.5 Å². The quantitative estimate of drug-likeness (QED) is 0.618. The first-order valence-electron chi connectivity index (χ1n) is 7.29. The van der Waals surface area contributed by atoms with Crippen molar-refractivity contribution >= 4 is 17.3 Å². The predicted octanol–water partition coefficient (Wildman–Crippen LogP) is 3.29. The SMILES string of the molecule is CCNc1cc(C(=O)N(CC)C(C)CC)ccc1[N+](=O)[O-]. The maximum Gasteiger partial charge on any atom is 0.292 e. The first-order valence-corrected chi connectivity index (χ1v) is 7.29. The zero-order chi connectivity index (χ0) is 16.0. The molecule has 6 heteroatoms. The van der Waals surface area contributed by atoms with E-state index in [1.54, 1.807) is 11.0 Å². The van der Waals surface area contributed by atoms with E-state index in [-0.39, 0.29) is 17.6 Å². The molecule has 0 aromatic heterocycles. The maximum atomic E-state index is 12.5. The van der Waals surface area contributed by atoms with Crippen LogP contribution in [0, 0.1) is 10.1 Å². The first kappa shape index (κ1) is 16.9. The molecule has 0 aliphatic rings. The Morgan fingerprint density at radius 3 is 2.52 bits per heavy atom. The molecule has 1 rings (SSSR count). The number of carbonyl (C=O) groups is 1. The average Bonchev–Trinajstić information content (AvgIpc) is 2.47. The van der Waals surface area contributed by atoms with Crippen LogP contribution >= 0.6 is 0 Å². The Bertz CT molecular complexity index is 517. The van der Waals surface area contributed by atoms with Gasteiger partial charge in [0.2, 0.25) is 0 Å². The van der Waals surface area contributed by atoms with Crippen molar-refractivity contribution in [3.05, 3.63) is 33.9 Å². The van der Waals surface area contributed by atoms with Crippen LogP contribution in [0.5, 0.6) is 0 Å². The van der Waals surface area contributed by atoms with Crippen molar-refractivity contribution in [1.82, 2.24) is 4.90 Å². The van der Waals surface area contributed by atoms with Crippen LogP contribution in [0.2, 0.25) is 0 Å². The van der Waals surface area contributed by atoms with E-state index < -0.39 is 4.92 Å². The standard InChI is InChI=1S/C15H23N3O3/c1-5-11(4)17(7-3)15(19)12-8-9-14(18(20)21)13(10-12)16-6-2/h8-11,16H,5-7H2,1-4H3. The van der Waals surface area contributed by atoms with Crippen molar-refractivity contribution in [2.45, 2.75) is 40.2 Å². The second kappa shape index (κ2) is 7.61. The van der Waals surface area contributed by atoms with E-state index in [1.807, 2.05) is 27.7 Å². The van der Waals surface area contributed by atoms with Crippen LogP contribution in [0.1, 0.15) is 44.5 Å². The summed E-state index contributed by atoms with van der Waals surface area (Å²) in [6.45, 7) is 8.98. The fourth-order valence-electron chi connectivity index (χ4n) is 2.20. The lowest BCUT2D eigenvalue weighted by molar-refractivity contribution is -0.384. The van der Waals surface area contributed by atoms with Gasteiger partial charge in [0.1, 0.15) is 5.69 Å². The molecule has 0 radical (unpaired) electrons. The van der Waals surface area contributed by atoms with Crippen molar-refractivity contribution in [3.8, 4) is 0 Å². The molecule has 1 aromatic carbocycles. The number of hydrogen-bond donors (Lipinski definition) is 1. The number of rotatable bonds is 7. The van der Waals surface area contributed by atoms with Crippen LogP contribution in [0.3, 0.4) is 0 Å². The predicted molar refractivity (Wildman–Crippen MR) is 83.7 cm³/mol. The molecule has 0 heterocycles. The summed E-state index contributed by atoms with van der Waals surface area (Å²) in [5.41, 5.74) is 0.840. The zero-order valence-corrected chi connectivity index (χ0v) is 13.0. The van der Waals surface area contributed by atoms with Crippen molar-refractivity contribution < 1.29 is 9.72 Å². The van der Waals surface area contributed by atoms with Gasteiger partial charge in [0.15, 0.2) is 0 Å². The lowest BCUT2D eigenvalue weighted by atomic mass is 10.1. The van der Waals surface area contributed by atoms with Gasteiger partial charge in [0, 0.05) is 30.8 Å². The third-order valence-electron chi connectivity index (χ3n) is 3.53. The Kier molecular flexibility index (Phi) is 6.14. The minimum Gasteiger partial charge on any atom is -0.380 e. The summed E-state index contributed by atoms with van der Waals surface area (Å²) >= 11 is 0. The van der Waals surface area contributed by atoms with Gasteiger partial charge in [-0.1, -0.05) is 6.92 Å². The number of nitro groups is 1. The van der Waals surface area contributed by atoms with Gasteiger partial charge in [0.25, 0.3) is 11.6 Å². The van der Waals surface area contributed by atoms with Gasteiger partial charge in [0.05, 0.1) is 4.92 Å². The second-order valence-electron chi connectivity index (χ2n) is 4.87. The molecule has 116 valence electrons. The maximum absolute atomic E-state index is 12.5. The van der Waals surface area contributed by atoms with E-state index in [2.05, 4.69) is 5.32 Å². The van der Waals surface area contributed by atoms with E-state index in [1.165, 1.54) is 12.1 Å². The van der Waals surface area contributed by atoms with E-state index in [0.717, 1.165) is 6.42 Å². The number of anilines is 1. The highest BCUT2D eigenvalue weighted by atomic mass is 16.6. The number of benzene rings is 1. The third kappa shape index (κ3) is 3.93. The van der Waals surface area contributed by atoms with Crippen molar-refractivity contribution in [1.29, 1.82) is 0 Å². The zero-order valence-electron chi connectivity index (χ0n) is 13.0. The number of hydrogen-bond acceptors (Lipinski definition) is 4. The summed E-state index contributed by atoms with van der Waals surface area (Å²) in [6, 6.07) is 4.61. The van der Waals surface area contributed by atoms with Crippen molar-refractivity contribution in [2.75, 3.05) is 18.4 Å². The van der Waals surface area contributed by atoms with Gasteiger partial charge in [-0.3, -0.25) is 14.9 Å². The fraction of sp³-hybridized carbons (Fsp3) is 0.533. The highest BCUT2D eigenvalue weighted by Crippen LogP contribution is 2.26. The molecule has 1 unspecified atom stereocenters. The summed E-state index contributed by atoms with van der Waals surface area (Å²) in [5.74, 6) is -0.0964. The van der Waals surface area contributed by atoms with Gasteiger partial charge in [-0.15, -0.1) is 0 Å². The van der Waals surface area contributed by atoms with Crippen LogP contribution in [0.25, 0.3) is 0 Å². The van der Waals surface area contributed by atoms with Crippen LogP contribution in [-0.2, 0) is 0 Å². The number of amides is 1. The molecule has 21 heavy (non-hydrogen) atoms. The van der Waals surface area contributed by atoms with Crippen molar-refractivity contribution in [3.63, 3.8) is 0 Å². The molecule has 0 fully saturated rings. The number of nitrogens with one attached hydrogen (secondary N) is 1. The fourth-order valence-corrected chi connectivity index (χ4v) is 2.20. The highest BCUT2D eigenvalue weighted by molar-refractivity contribution is 5.96. The molecule has 0 saturated carbocycles. The molecule has 1 atom stereocenters. The first-order chi connectivity index (χ1) is 9.96. The molecule has 1 amide bonds. The molecule has 0 aliphatic heterocycles. The van der Waals surface area contributed by atoms with Gasteiger partial charge >= 0.3 is 0 Å². The molecule has 0 bridgehead atoms. The van der Waals surface area contributed by atoms with Gasteiger partial charge in [-0.05, 0) is 39.3 Å². The minimum atomic E-state index is -0.446. The summed E-state index contributed by atoms with van der Waals surface area (Å²) < 4.78 is 0. The molecule has 0 spiro atoms. The smallest absolute Gasteiger partial charge is 0.292 e. The lowest BCUT2D eigenvalue weighted by Gasteiger charge is -2.27. The van der Waals surface area contributed by atoms with Crippen molar-refractivity contribution in [2.24, 2.45) is 0 Å². The Morgan fingerprint density at radius 2 is 2.05 bits per heavy atom. The Labute approximate surface area is 125 Å². The lowest BCUT2D eigenvalue weighted by Crippen LogP contribution is -2.38. The Hall–Kier alpha value is -2.11. The Balaban J connectivity index is 3.15. The number of nitro benzene ring substituents is 1. The van der Waals surface area contributed by atoms with Gasteiger partial charge < -0.3 is 10.2 Å². The molecule has 1 aromatic rings.